The van der Waals surface area contributed by atoms with Crippen LogP contribution in [0.15, 0.2) is 29.0 Å². The Hall–Kier alpha value is -3.37. The molecule has 4 aliphatic rings. The highest BCUT2D eigenvalue weighted by Crippen LogP contribution is 2.53. The van der Waals surface area contributed by atoms with Crippen LogP contribution in [0.2, 0.25) is 0 Å². The fourth-order valence-electron chi connectivity index (χ4n) is 5.96. The first-order chi connectivity index (χ1) is 15.6. The van der Waals surface area contributed by atoms with Crippen molar-refractivity contribution >= 4 is 28.9 Å². The van der Waals surface area contributed by atoms with E-state index >= 15 is 0 Å². The Morgan fingerprint density at radius 2 is 1.79 bits per heavy atom. The maximum Gasteiger partial charge on any atom is 0.255 e. The van der Waals surface area contributed by atoms with Crippen LogP contribution in [0.25, 0.3) is 5.76 Å². The van der Waals surface area contributed by atoms with Crippen LogP contribution in [-0.2, 0) is 20.8 Å². The number of carbonyl (C=O) groups excluding carboxylic acids is 3. The summed E-state index contributed by atoms with van der Waals surface area (Å²) in [5, 5.41) is 43.6. The van der Waals surface area contributed by atoms with E-state index in [0.717, 1.165) is 31.6 Å². The average Bonchev–Trinajstić information content (AvgIpc) is 3.29. The normalized spacial score (nSPS) is 31.5. The molecule has 3 aliphatic carbocycles. The van der Waals surface area contributed by atoms with E-state index in [1.165, 1.54) is 6.07 Å². The number of hydrogen-bond donors (Lipinski definition) is 6. The third-order valence-electron chi connectivity index (χ3n) is 7.56. The summed E-state index contributed by atoms with van der Waals surface area (Å²) < 4.78 is 0. The van der Waals surface area contributed by atoms with Crippen LogP contribution in [0.5, 0.6) is 5.75 Å². The summed E-state index contributed by atoms with van der Waals surface area (Å²) in [4.78, 5) is 40.1. The van der Waals surface area contributed by atoms with E-state index in [1.807, 2.05) is 0 Å². The number of benzene rings is 1. The first-order valence-electron chi connectivity index (χ1n) is 10.9. The van der Waals surface area contributed by atoms with E-state index in [2.05, 4.69) is 4.90 Å². The minimum absolute atomic E-state index is 0.000815. The molecule has 5 rings (SSSR count). The van der Waals surface area contributed by atoms with Gasteiger partial charge in [0.2, 0.25) is 5.78 Å². The molecule has 10 heteroatoms. The highest BCUT2D eigenvalue weighted by molar-refractivity contribution is 6.24. The summed E-state index contributed by atoms with van der Waals surface area (Å²) >= 11 is 0. The average molecular weight is 455 g/mol. The Kier molecular flexibility index (Phi) is 4.60. The SMILES string of the molecule is NC(=O)C1=C(O)[C@@]2(O)C(=O)C3=C(O)c4c(O)ccc(N5CCCC5)c4C[C@H]3CC2[C@@H](N)C1=O. The number of ketones is 2. The first kappa shape index (κ1) is 21.5. The Bertz CT molecular complexity index is 1180. The van der Waals surface area contributed by atoms with Crippen molar-refractivity contribution in [2.75, 3.05) is 18.0 Å². The van der Waals surface area contributed by atoms with Crippen molar-refractivity contribution in [2.24, 2.45) is 23.3 Å². The molecule has 2 fully saturated rings. The highest BCUT2D eigenvalue weighted by Gasteiger charge is 2.63. The molecule has 33 heavy (non-hydrogen) atoms. The number of phenolic OH excluding ortho intramolecular Hbond substituents is 1. The maximum atomic E-state index is 13.5. The molecule has 1 saturated carbocycles. The van der Waals surface area contributed by atoms with Gasteiger partial charge in [-0.25, -0.2) is 0 Å². The lowest BCUT2D eigenvalue weighted by molar-refractivity contribution is -0.149. The van der Waals surface area contributed by atoms with Gasteiger partial charge in [-0.05, 0) is 49.3 Å². The second kappa shape index (κ2) is 7.06. The van der Waals surface area contributed by atoms with E-state index < -0.39 is 58.0 Å². The van der Waals surface area contributed by atoms with Gasteiger partial charge >= 0.3 is 0 Å². The number of Topliss-reactive ketones (excluding diaryl/α,β-unsaturated/α-hetero) is 2. The second-order valence-electron chi connectivity index (χ2n) is 9.23. The lowest BCUT2D eigenvalue weighted by atomic mass is 9.58. The molecule has 4 atom stereocenters. The van der Waals surface area contributed by atoms with Gasteiger partial charge in [0, 0.05) is 30.3 Å². The molecule has 1 saturated heterocycles. The molecule has 10 nitrogen and oxygen atoms in total. The van der Waals surface area contributed by atoms with Gasteiger partial charge in [0.05, 0.1) is 11.6 Å². The minimum atomic E-state index is -2.68. The Morgan fingerprint density at radius 3 is 2.42 bits per heavy atom. The number of aliphatic hydroxyl groups excluding tert-OH is 2. The third kappa shape index (κ3) is 2.71. The Labute approximate surface area is 188 Å². The van der Waals surface area contributed by atoms with E-state index in [4.69, 9.17) is 11.5 Å². The van der Waals surface area contributed by atoms with Gasteiger partial charge in [-0.15, -0.1) is 0 Å². The highest BCUT2D eigenvalue weighted by atomic mass is 16.3. The van der Waals surface area contributed by atoms with Gasteiger partial charge in [0.15, 0.2) is 11.4 Å². The molecule has 174 valence electrons. The molecule has 1 aromatic rings. The van der Waals surface area contributed by atoms with Gasteiger partial charge in [0.1, 0.15) is 22.8 Å². The molecule has 1 aromatic carbocycles. The number of aliphatic hydroxyl groups is 3. The number of nitrogens with two attached hydrogens (primary N) is 2. The zero-order valence-corrected chi connectivity index (χ0v) is 17.7. The summed E-state index contributed by atoms with van der Waals surface area (Å²) in [7, 11) is 0. The van der Waals surface area contributed by atoms with Crippen molar-refractivity contribution < 1.29 is 34.8 Å². The monoisotopic (exact) mass is 455 g/mol. The molecule has 0 radical (unpaired) electrons. The minimum Gasteiger partial charge on any atom is -0.508 e. The molecule has 0 spiro atoms. The third-order valence-corrected chi connectivity index (χ3v) is 7.56. The molecular weight excluding hydrogens is 430 g/mol. The van der Waals surface area contributed by atoms with Crippen LogP contribution in [0, 0.1) is 11.8 Å². The van der Waals surface area contributed by atoms with E-state index in [1.54, 1.807) is 6.07 Å². The van der Waals surface area contributed by atoms with Crippen LogP contribution >= 0.6 is 0 Å². The van der Waals surface area contributed by atoms with E-state index in [0.29, 0.717) is 5.56 Å². The zero-order chi connectivity index (χ0) is 23.8. The number of amides is 1. The van der Waals surface area contributed by atoms with Crippen LogP contribution in [0.1, 0.15) is 30.4 Å². The summed E-state index contributed by atoms with van der Waals surface area (Å²) in [5.74, 6) is -6.98. The van der Waals surface area contributed by atoms with Crippen molar-refractivity contribution in [3.05, 3.63) is 40.2 Å². The van der Waals surface area contributed by atoms with Crippen molar-refractivity contribution in [3.8, 4) is 5.75 Å². The Morgan fingerprint density at radius 1 is 1.12 bits per heavy atom. The summed E-state index contributed by atoms with van der Waals surface area (Å²) in [6, 6.07) is 1.79. The largest absolute Gasteiger partial charge is 0.508 e. The van der Waals surface area contributed by atoms with Gasteiger partial charge in [-0.3, -0.25) is 14.4 Å². The maximum absolute atomic E-state index is 13.5. The lowest BCUT2D eigenvalue weighted by Crippen LogP contribution is -2.65. The molecule has 0 aromatic heterocycles. The number of nitrogens with zero attached hydrogens (tertiary/aromatic N) is 1. The van der Waals surface area contributed by atoms with Gasteiger partial charge < -0.3 is 36.8 Å². The number of aromatic hydroxyl groups is 1. The fourth-order valence-corrected chi connectivity index (χ4v) is 5.96. The molecule has 1 unspecified atom stereocenters. The quantitative estimate of drug-likeness (QED) is 0.333. The standard InChI is InChI=1S/C23H25N3O7/c24-17-11-8-9-7-10-12(26-5-1-2-6-26)3-4-13(27)15(10)18(28)14(9)20(30)23(11,33)21(31)16(19(17)29)22(25)32/h3-4,9,11,17,27-28,31,33H,1-2,5-8,24H2,(H2,25,32)/t9-,11?,17+,23-/m0/s1. The zero-order valence-electron chi connectivity index (χ0n) is 17.7. The number of rotatable bonds is 2. The number of carbonyl (C=O) groups is 3. The molecule has 1 aliphatic heterocycles. The summed E-state index contributed by atoms with van der Waals surface area (Å²) in [5.41, 5.74) is 9.10. The second-order valence-corrected chi connectivity index (χ2v) is 9.23. The lowest BCUT2D eigenvalue weighted by Gasteiger charge is -2.48. The van der Waals surface area contributed by atoms with Crippen molar-refractivity contribution in [1.82, 2.24) is 0 Å². The van der Waals surface area contributed by atoms with Gasteiger partial charge in [-0.1, -0.05) is 0 Å². The topological polar surface area (TPSA) is 187 Å². The summed E-state index contributed by atoms with van der Waals surface area (Å²) in [6.07, 6.45) is 2.30. The predicted octanol–water partition coefficient (Wildman–Crippen LogP) is -0.0387. The molecule has 0 bridgehead atoms. The predicted molar refractivity (Wildman–Crippen MR) is 116 cm³/mol. The van der Waals surface area contributed by atoms with Gasteiger partial charge in [-0.2, -0.15) is 0 Å². The van der Waals surface area contributed by atoms with Crippen LogP contribution < -0.4 is 16.4 Å². The fraction of sp³-hybridized carbons (Fsp3) is 0.435. The number of phenols is 1. The van der Waals surface area contributed by atoms with Crippen LogP contribution in [-0.4, -0.2) is 62.6 Å². The molecule has 8 N–H and O–H groups in total. The van der Waals surface area contributed by atoms with Crippen LogP contribution in [0.4, 0.5) is 5.69 Å². The molecule has 1 heterocycles. The number of anilines is 1. The summed E-state index contributed by atoms with van der Waals surface area (Å²) in [6.45, 7) is 1.66. The first-order valence-corrected chi connectivity index (χ1v) is 10.9. The van der Waals surface area contributed by atoms with Crippen molar-refractivity contribution in [1.29, 1.82) is 0 Å². The van der Waals surface area contributed by atoms with Gasteiger partial charge in [0.25, 0.3) is 5.91 Å². The van der Waals surface area contributed by atoms with Crippen molar-refractivity contribution in [2.45, 2.75) is 37.3 Å². The Balaban J connectivity index is 1.70. The van der Waals surface area contributed by atoms with E-state index in [-0.39, 0.29) is 29.7 Å². The number of primary amides is 1. The molecule has 1 amide bonds. The molecular formula is C23H25N3O7. The number of fused-ring (bicyclic) bond motifs is 3. The van der Waals surface area contributed by atoms with Crippen molar-refractivity contribution in [3.63, 3.8) is 0 Å². The van der Waals surface area contributed by atoms with E-state index in [9.17, 15) is 34.8 Å². The van der Waals surface area contributed by atoms with Crippen LogP contribution in [0.3, 0.4) is 0 Å². The number of hydrogen-bond acceptors (Lipinski definition) is 9. The smallest absolute Gasteiger partial charge is 0.255 e.